The number of aromatic nitrogens is 2. The number of anilines is 1. The Hall–Kier alpha value is -3.33. The van der Waals surface area contributed by atoms with Crippen LogP contribution in [0.2, 0.25) is 5.02 Å². The van der Waals surface area contributed by atoms with Gasteiger partial charge in [0.05, 0.1) is 21.3 Å². The predicted molar refractivity (Wildman–Crippen MR) is 141 cm³/mol. The van der Waals surface area contributed by atoms with E-state index in [2.05, 4.69) is 0 Å². The maximum Gasteiger partial charge on any atom is 0.296 e. The van der Waals surface area contributed by atoms with Gasteiger partial charge in [-0.25, -0.2) is 4.68 Å². The lowest BCUT2D eigenvalue weighted by Crippen LogP contribution is -2.33. The molecule has 1 saturated heterocycles. The number of para-hydroxylation sites is 1. The number of hydrogen-bond acceptors (Lipinski definition) is 5. The molecule has 9 heteroatoms. The first-order valence-corrected chi connectivity index (χ1v) is 11.9. The summed E-state index contributed by atoms with van der Waals surface area (Å²) in [6.07, 6.45) is 1.63. The van der Waals surface area contributed by atoms with Gasteiger partial charge in [0, 0.05) is 18.7 Å². The molecule has 6 nitrogen and oxygen atoms in total. The van der Waals surface area contributed by atoms with Crippen molar-refractivity contribution in [2.75, 3.05) is 4.90 Å². The highest BCUT2D eigenvalue weighted by atomic mass is 35.5. The molecule has 4 aromatic rings. The Morgan fingerprint density at radius 2 is 1.71 bits per heavy atom. The molecule has 170 valence electrons. The van der Waals surface area contributed by atoms with Gasteiger partial charge in [0.15, 0.2) is 4.32 Å². The molecule has 0 unspecified atom stereocenters. The molecule has 0 atom stereocenters. The van der Waals surface area contributed by atoms with E-state index < -0.39 is 0 Å². The molecule has 2 aromatic heterocycles. The average molecular weight is 508 g/mol. The van der Waals surface area contributed by atoms with Crippen molar-refractivity contribution in [3.8, 4) is 17.0 Å². The first-order chi connectivity index (χ1) is 16.4. The zero-order valence-corrected chi connectivity index (χ0v) is 20.6. The normalized spacial score (nSPS) is 15.0. The van der Waals surface area contributed by atoms with E-state index in [4.69, 9.17) is 28.2 Å². The van der Waals surface area contributed by atoms with Crippen LogP contribution in [0.5, 0.6) is 0 Å². The minimum absolute atomic E-state index is 0.244. The molecule has 1 amide bonds. The van der Waals surface area contributed by atoms with Crippen molar-refractivity contribution < 1.29 is 9.21 Å². The average Bonchev–Trinajstić information content (AvgIpc) is 3.46. The summed E-state index contributed by atoms with van der Waals surface area (Å²) in [5, 5.41) is 0.573. The number of benzene rings is 2. The summed E-state index contributed by atoms with van der Waals surface area (Å²) in [4.78, 5) is 28.4. The molecule has 0 radical (unpaired) electrons. The predicted octanol–water partition coefficient (Wildman–Crippen LogP) is 5.80. The third kappa shape index (κ3) is 3.73. The van der Waals surface area contributed by atoms with Crippen LogP contribution in [-0.2, 0) is 11.8 Å². The van der Waals surface area contributed by atoms with E-state index in [0.29, 0.717) is 37.2 Å². The summed E-state index contributed by atoms with van der Waals surface area (Å²) in [5.74, 6) is 0.718. The van der Waals surface area contributed by atoms with Gasteiger partial charge in [0.2, 0.25) is 0 Å². The molecule has 5 rings (SSSR count). The Labute approximate surface area is 210 Å². The van der Waals surface area contributed by atoms with Crippen molar-refractivity contribution in [3.05, 3.63) is 98.5 Å². The molecule has 0 bridgehead atoms. The van der Waals surface area contributed by atoms with E-state index in [1.165, 1.54) is 9.58 Å². The van der Waals surface area contributed by atoms with Gasteiger partial charge in [0.1, 0.15) is 17.2 Å². The third-order valence-electron chi connectivity index (χ3n) is 5.58. The van der Waals surface area contributed by atoms with E-state index in [0.717, 1.165) is 17.3 Å². The van der Waals surface area contributed by atoms with Gasteiger partial charge in [-0.05, 0) is 43.3 Å². The SMILES string of the molecule is Cc1c(N2C(=O)/C(=C\c3ccc(-c4ccccc4Cl)o3)SC2=S)c(=O)n(-c2ccccc2)n1C. The summed E-state index contributed by atoms with van der Waals surface area (Å²) in [6.45, 7) is 1.79. The van der Waals surface area contributed by atoms with Crippen LogP contribution < -0.4 is 10.5 Å². The number of thiocarbonyl (C=S) groups is 1. The number of rotatable bonds is 4. The van der Waals surface area contributed by atoms with Crippen molar-refractivity contribution in [3.63, 3.8) is 0 Å². The van der Waals surface area contributed by atoms with E-state index in [9.17, 15) is 9.59 Å². The highest BCUT2D eigenvalue weighted by Crippen LogP contribution is 2.37. The second-order valence-electron chi connectivity index (χ2n) is 7.61. The molecule has 34 heavy (non-hydrogen) atoms. The molecular weight excluding hydrogens is 490 g/mol. The molecule has 0 spiro atoms. The molecule has 2 aromatic carbocycles. The fourth-order valence-corrected chi connectivity index (χ4v) is 5.32. The minimum Gasteiger partial charge on any atom is -0.457 e. The summed E-state index contributed by atoms with van der Waals surface area (Å²) >= 11 is 12.9. The minimum atomic E-state index is -0.364. The Morgan fingerprint density at radius 3 is 2.44 bits per heavy atom. The lowest BCUT2D eigenvalue weighted by molar-refractivity contribution is -0.113. The van der Waals surface area contributed by atoms with Gasteiger partial charge in [-0.1, -0.05) is 65.9 Å². The number of nitrogens with zero attached hydrogens (tertiary/aromatic N) is 3. The molecule has 3 heterocycles. The number of thioether (sulfide) groups is 1. The number of amides is 1. The topological polar surface area (TPSA) is 60.4 Å². The van der Waals surface area contributed by atoms with Gasteiger partial charge in [-0.15, -0.1) is 0 Å². The van der Waals surface area contributed by atoms with Crippen molar-refractivity contribution in [2.45, 2.75) is 6.92 Å². The van der Waals surface area contributed by atoms with Crippen LogP contribution in [0.25, 0.3) is 23.1 Å². The first-order valence-electron chi connectivity index (χ1n) is 10.3. The fraction of sp³-hybridized carbons (Fsp3) is 0.0800. The van der Waals surface area contributed by atoms with Gasteiger partial charge in [-0.2, -0.15) is 0 Å². The molecular formula is C25H18ClN3O3S2. The van der Waals surface area contributed by atoms with Crippen LogP contribution in [0.4, 0.5) is 5.69 Å². The van der Waals surface area contributed by atoms with Crippen LogP contribution >= 0.6 is 35.6 Å². The summed E-state index contributed by atoms with van der Waals surface area (Å²) in [7, 11) is 1.78. The largest absolute Gasteiger partial charge is 0.457 e. The van der Waals surface area contributed by atoms with Crippen LogP contribution in [0.3, 0.4) is 0 Å². The third-order valence-corrected chi connectivity index (χ3v) is 7.21. The van der Waals surface area contributed by atoms with Crippen LogP contribution in [0.1, 0.15) is 11.5 Å². The van der Waals surface area contributed by atoms with E-state index in [-0.39, 0.29) is 17.2 Å². The molecule has 1 fully saturated rings. The second-order valence-corrected chi connectivity index (χ2v) is 9.69. The molecule has 0 saturated carbocycles. The Kier molecular flexibility index (Phi) is 5.81. The molecule has 1 aliphatic heterocycles. The van der Waals surface area contributed by atoms with Crippen molar-refractivity contribution >= 4 is 57.6 Å². The maximum atomic E-state index is 13.4. The van der Waals surface area contributed by atoms with Gasteiger partial charge >= 0.3 is 0 Å². The van der Waals surface area contributed by atoms with Crippen LogP contribution in [0, 0.1) is 6.92 Å². The lowest BCUT2D eigenvalue weighted by atomic mass is 10.2. The zero-order chi connectivity index (χ0) is 24.0. The highest BCUT2D eigenvalue weighted by Gasteiger charge is 2.38. The van der Waals surface area contributed by atoms with Gasteiger partial charge in [-0.3, -0.25) is 19.2 Å². The number of furan rings is 1. The van der Waals surface area contributed by atoms with E-state index in [1.807, 2.05) is 48.5 Å². The van der Waals surface area contributed by atoms with Crippen molar-refractivity contribution in [2.24, 2.45) is 7.05 Å². The number of carbonyl (C=O) groups is 1. The van der Waals surface area contributed by atoms with Crippen LogP contribution in [-0.4, -0.2) is 19.6 Å². The monoisotopic (exact) mass is 507 g/mol. The van der Waals surface area contributed by atoms with Gasteiger partial charge in [0.25, 0.3) is 11.5 Å². The Bertz CT molecular complexity index is 1530. The molecule has 0 aliphatic carbocycles. The number of hydrogen-bond donors (Lipinski definition) is 0. The summed E-state index contributed by atoms with van der Waals surface area (Å²) < 4.78 is 9.44. The zero-order valence-electron chi connectivity index (χ0n) is 18.2. The van der Waals surface area contributed by atoms with Crippen LogP contribution in [0.15, 0.2) is 80.8 Å². The standard InChI is InChI=1S/C25H18ClN3O3S2/c1-15-22(24(31)29(27(15)2)16-8-4-3-5-9-16)28-23(30)21(34-25(28)33)14-17-12-13-20(32-17)18-10-6-7-11-19(18)26/h3-14H,1-2H3/b21-14+. The Morgan fingerprint density at radius 1 is 1.00 bits per heavy atom. The second kappa shape index (κ2) is 8.79. The van der Waals surface area contributed by atoms with E-state index in [1.54, 1.807) is 42.9 Å². The fourth-order valence-electron chi connectivity index (χ4n) is 3.84. The molecule has 0 N–H and O–H groups in total. The summed E-state index contributed by atoms with van der Waals surface area (Å²) in [6, 6.07) is 20.2. The van der Waals surface area contributed by atoms with Crippen molar-refractivity contribution in [1.29, 1.82) is 0 Å². The van der Waals surface area contributed by atoms with E-state index >= 15 is 0 Å². The van der Waals surface area contributed by atoms with Gasteiger partial charge < -0.3 is 4.42 Å². The smallest absolute Gasteiger partial charge is 0.296 e. The summed E-state index contributed by atoms with van der Waals surface area (Å²) in [5.41, 5.74) is 2.02. The lowest BCUT2D eigenvalue weighted by Gasteiger charge is -2.12. The first kappa shape index (κ1) is 22.5. The van der Waals surface area contributed by atoms with Crippen molar-refractivity contribution in [1.82, 2.24) is 9.36 Å². The number of carbonyl (C=O) groups excluding carboxylic acids is 1. The molecule has 1 aliphatic rings. The Balaban J connectivity index is 1.50. The quantitative estimate of drug-likeness (QED) is 0.258. The number of halogens is 1. The maximum absolute atomic E-state index is 13.4. The highest BCUT2D eigenvalue weighted by molar-refractivity contribution is 8.27.